The summed E-state index contributed by atoms with van der Waals surface area (Å²) in [6.45, 7) is 8.97. The molecule has 1 aromatic heterocycles. The second kappa shape index (κ2) is 7.96. The first-order valence-electron chi connectivity index (χ1n) is 9.01. The molecule has 1 aliphatic rings. The van der Waals surface area contributed by atoms with E-state index in [1.807, 2.05) is 45.9 Å². The molecule has 0 fully saturated rings. The topological polar surface area (TPSA) is 86.4 Å². The lowest BCUT2D eigenvalue weighted by atomic mass is 10.1. The first-order valence-corrected chi connectivity index (χ1v) is 9.82. The fraction of sp³-hybridized carbons (Fsp3) is 0.421. The number of carbonyl (C=O) groups excluding carboxylic acids is 2. The van der Waals surface area contributed by atoms with E-state index in [0.717, 1.165) is 21.8 Å². The first kappa shape index (κ1) is 19.2. The standard InChI is InChI=1S/C19H25N5O2S/c1-11(2)20-17(25)23-18-22-15-7-8-24(10-16(15)27-18)19(26)21-14-6-5-12(3)13(4)9-14/h5-6,9,11H,7-8,10H2,1-4H3,(H,21,26)(H2,20,22,23,25). The van der Waals surface area contributed by atoms with Gasteiger partial charge in [0.25, 0.3) is 0 Å². The number of benzene rings is 1. The van der Waals surface area contributed by atoms with E-state index in [1.165, 1.54) is 16.9 Å². The molecule has 8 heteroatoms. The van der Waals surface area contributed by atoms with Gasteiger partial charge in [-0.25, -0.2) is 14.6 Å². The zero-order valence-electron chi connectivity index (χ0n) is 16.0. The van der Waals surface area contributed by atoms with E-state index in [9.17, 15) is 9.59 Å². The molecule has 0 spiro atoms. The zero-order valence-corrected chi connectivity index (χ0v) is 16.9. The van der Waals surface area contributed by atoms with Crippen LogP contribution >= 0.6 is 11.3 Å². The normalized spacial score (nSPS) is 13.3. The van der Waals surface area contributed by atoms with Crippen LogP contribution in [-0.4, -0.2) is 34.5 Å². The fourth-order valence-electron chi connectivity index (χ4n) is 2.84. The first-order chi connectivity index (χ1) is 12.8. The number of hydrogen-bond donors (Lipinski definition) is 3. The van der Waals surface area contributed by atoms with Crippen LogP contribution < -0.4 is 16.0 Å². The molecule has 7 nitrogen and oxygen atoms in total. The van der Waals surface area contributed by atoms with Crippen molar-refractivity contribution in [1.29, 1.82) is 0 Å². The van der Waals surface area contributed by atoms with Crippen molar-refractivity contribution in [3.05, 3.63) is 39.9 Å². The number of aryl methyl sites for hydroxylation is 2. The second-order valence-electron chi connectivity index (χ2n) is 7.04. The quantitative estimate of drug-likeness (QED) is 0.747. The lowest BCUT2D eigenvalue weighted by molar-refractivity contribution is 0.207. The Balaban J connectivity index is 1.62. The minimum absolute atomic E-state index is 0.0594. The van der Waals surface area contributed by atoms with Crippen molar-refractivity contribution in [3.63, 3.8) is 0 Å². The second-order valence-corrected chi connectivity index (χ2v) is 8.13. The molecule has 0 radical (unpaired) electrons. The highest BCUT2D eigenvalue weighted by molar-refractivity contribution is 7.15. The van der Waals surface area contributed by atoms with Crippen LogP contribution in [0.25, 0.3) is 0 Å². The predicted octanol–water partition coefficient (Wildman–Crippen LogP) is 3.88. The summed E-state index contributed by atoms with van der Waals surface area (Å²) in [4.78, 5) is 31.7. The Morgan fingerprint density at radius 2 is 1.96 bits per heavy atom. The molecule has 0 bridgehead atoms. The Kier molecular flexibility index (Phi) is 5.65. The molecule has 0 saturated carbocycles. The van der Waals surface area contributed by atoms with E-state index in [4.69, 9.17) is 0 Å². The van der Waals surface area contributed by atoms with Gasteiger partial charge in [0.05, 0.1) is 12.2 Å². The van der Waals surface area contributed by atoms with Gasteiger partial charge in [-0.1, -0.05) is 17.4 Å². The molecule has 3 N–H and O–H groups in total. The number of aromatic nitrogens is 1. The highest BCUT2D eigenvalue weighted by atomic mass is 32.1. The lowest BCUT2D eigenvalue weighted by Gasteiger charge is -2.26. The number of anilines is 2. The van der Waals surface area contributed by atoms with Gasteiger partial charge < -0.3 is 15.5 Å². The van der Waals surface area contributed by atoms with E-state index in [1.54, 1.807) is 4.90 Å². The number of nitrogens with zero attached hydrogens (tertiary/aromatic N) is 2. The molecule has 0 atom stereocenters. The Bertz CT molecular complexity index is 862. The van der Waals surface area contributed by atoms with Gasteiger partial charge in [0, 0.05) is 29.6 Å². The highest BCUT2D eigenvalue weighted by Gasteiger charge is 2.24. The van der Waals surface area contributed by atoms with Gasteiger partial charge in [0.15, 0.2) is 5.13 Å². The van der Waals surface area contributed by atoms with Gasteiger partial charge >= 0.3 is 12.1 Å². The van der Waals surface area contributed by atoms with Crippen molar-refractivity contribution in [1.82, 2.24) is 15.2 Å². The number of thiazole rings is 1. The van der Waals surface area contributed by atoms with Crippen molar-refractivity contribution in [2.45, 2.75) is 46.7 Å². The van der Waals surface area contributed by atoms with Gasteiger partial charge in [-0.15, -0.1) is 0 Å². The van der Waals surface area contributed by atoms with Crippen LogP contribution in [0.5, 0.6) is 0 Å². The summed E-state index contributed by atoms with van der Waals surface area (Å²) in [5.41, 5.74) is 4.09. The van der Waals surface area contributed by atoms with Crippen molar-refractivity contribution < 1.29 is 9.59 Å². The molecular weight excluding hydrogens is 362 g/mol. The SMILES string of the molecule is Cc1ccc(NC(=O)N2CCc3nc(NC(=O)NC(C)C)sc3C2)cc1C. The minimum Gasteiger partial charge on any atom is -0.336 e. The summed E-state index contributed by atoms with van der Waals surface area (Å²) in [5, 5.41) is 9.07. The molecule has 1 aliphatic heterocycles. The largest absolute Gasteiger partial charge is 0.336 e. The molecule has 0 aliphatic carbocycles. The van der Waals surface area contributed by atoms with Gasteiger partial charge in [-0.2, -0.15) is 0 Å². The van der Waals surface area contributed by atoms with Crippen molar-refractivity contribution in [2.75, 3.05) is 17.2 Å². The smallest absolute Gasteiger partial charge is 0.322 e. The fourth-order valence-corrected chi connectivity index (χ4v) is 3.86. The molecular formula is C19H25N5O2S. The number of rotatable bonds is 3. The molecule has 3 rings (SSSR count). The molecule has 1 aromatic carbocycles. The van der Waals surface area contributed by atoms with E-state index in [-0.39, 0.29) is 18.1 Å². The van der Waals surface area contributed by atoms with Crippen LogP contribution in [0.15, 0.2) is 18.2 Å². The number of urea groups is 2. The molecule has 144 valence electrons. The maximum absolute atomic E-state index is 12.6. The number of nitrogens with one attached hydrogen (secondary N) is 3. The van der Waals surface area contributed by atoms with Crippen LogP contribution in [0.4, 0.5) is 20.4 Å². The zero-order chi connectivity index (χ0) is 19.6. The van der Waals surface area contributed by atoms with E-state index >= 15 is 0 Å². The summed E-state index contributed by atoms with van der Waals surface area (Å²) in [6, 6.07) is 5.57. The summed E-state index contributed by atoms with van der Waals surface area (Å²) < 4.78 is 0. The van der Waals surface area contributed by atoms with Gasteiger partial charge in [-0.05, 0) is 51.0 Å². The summed E-state index contributed by atoms with van der Waals surface area (Å²) in [6.07, 6.45) is 0.680. The highest BCUT2D eigenvalue weighted by Crippen LogP contribution is 2.28. The lowest BCUT2D eigenvalue weighted by Crippen LogP contribution is -2.38. The third-order valence-corrected chi connectivity index (χ3v) is 5.41. The van der Waals surface area contributed by atoms with E-state index in [0.29, 0.717) is 24.6 Å². The van der Waals surface area contributed by atoms with Crippen molar-refractivity contribution in [3.8, 4) is 0 Å². The minimum atomic E-state index is -0.263. The molecule has 0 saturated heterocycles. The molecule has 2 aromatic rings. The molecule has 0 unspecified atom stereocenters. The summed E-state index contributed by atoms with van der Waals surface area (Å²) in [7, 11) is 0. The Hall–Kier alpha value is -2.61. The van der Waals surface area contributed by atoms with Gasteiger partial charge in [-0.3, -0.25) is 5.32 Å². The third kappa shape index (κ3) is 4.77. The summed E-state index contributed by atoms with van der Waals surface area (Å²) >= 11 is 1.42. The molecule has 27 heavy (non-hydrogen) atoms. The monoisotopic (exact) mass is 387 g/mol. The summed E-state index contributed by atoms with van der Waals surface area (Å²) in [5.74, 6) is 0. The Morgan fingerprint density at radius 1 is 1.19 bits per heavy atom. The Morgan fingerprint density at radius 3 is 2.67 bits per heavy atom. The Labute approximate surface area is 163 Å². The van der Waals surface area contributed by atoms with Crippen LogP contribution in [0.2, 0.25) is 0 Å². The average Bonchev–Trinajstić information content (AvgIpc) is 2.98. The van der Waals surface area contributed by atoms with Crippen LogP contribution in [0.3, 0.4) is 0 Å². The molecule has 2 heterocycles. The van der Waals surface area contributed by atoms with E-state index < -0.39 is 0 Å². The van der Waals surface area contributed by atoms with Gasteiger partial charge in [0.1, 0.15) is 0 Å². The van der Waals surface area contributed by atoms with Gasteiger partial charge in [0.2, 0.25) is 0 Å². The van der Waals surface area contributed by atoms with Crippen LogP contribution in [-0.2, 0) is 13.0 Å². The van der Waals surface area contributed by atoms with Crippen molar-refractivity contribution in [2.24, 2.45) is 0 Å². The number of fused-ring (bicyclic) bond motifs is 1. The third-order valence-electron chi connectivity index (χ3n) is 4.42. The van der Waals surface area contributed by atoms with E-state index in [2.05, 4.69) is 20.9 Å². The average molecular weight is 388 g/mol. The number of amides is 4. The number of hydrogen-bond acceptors (Lipinski definition) is 4. The van der Waals surface area contributed by atoms with Crippen LogP contribution in [0, 0.1) is 13.8 Å². The van der Waals surface area contributed by atoms with Crippen LogP contribution in [0.1, 0.15) is 35.5 Å². The predicted molar refractivity (Wildman–Crippen MR) is 108 cm³/mol. The van der Waals surface area contributed by atoms with Crippen molar-refractivity contribution >= 4 is 34.2 Å². The number of carbonyl (C=O) groups is 2. The maximum atomic E-state index is 12.6. The molecule has 4 amide bonds. The maximum Gasteiger partial charge on any atom is 0.322 e.